The summed E-state index contributed by atoms with van der Waals surface area (Å²) < 4.78 is 68.5. The van der Waals surface area contributed by atoms with Gasteiger partial charge in [0.1, 0.15) is 19.3 Å². The number of hydrogen-bond donors (Lipinski definition) is 3. The number of esters is 4. The van der Waals surface area contributed by atoms with Crippen LogP contribution in [0, 0.1) is 5.92 Å². The monoisotopic (exact) mass is 1420 g/mol. The molecule has 0 amide bonds. The molecule has 0 saturated heterocycles. The lowest BCUT2D eigenvalue weighted by Gasteiger charge is -2.21. The molecule has 97 heavy (non-hydrogen) atoms. The van der Waals surface area contributed by atoms with E-state index >= 15 is 0 Å². The summed E-state index contributed by atoms with van der Waals surface area (Å²) in [5, 5.41) is 10.6. The van der Waals surface area contributed by atoms with Crippen molar-refractivity contribution in [2.45, 2.75) is 432 Å². The summed E-state index contributed by atoms with van der Waals surface area (Å²) in [4.78, 5) is 72.7. The van der Waals surface area contributed by atoms with Crippen LogP contribution < -0.4 is 0 Å². The van der Waals surface area contributed by atoms with Crippen LogP contribution in [0.15, 0.2) is 0 Å². The first-order valence-electron chi connectivity index (χ1n) is 40.6. The summed E-state index contributed by atoms with van der Waals surface area (Å²) in [5.41, 5.74) is 0. The average molecular weight is 1420 g/mol. The molecular weight excluding hydrogens is 1270 g/mol. The van der Waals surface area contributed by atoms with Crippen LogP contribution >= 0.6 is 15.6 Å². The number of phosphoric ester groups is 2. The third kappa shape index (κ3) is 72.2. The van der Waals surface area contributed by atoms with Gasteiger partial charge in [0.05, 0.1) is 26.4 Å². The maximum absolute atomic E-state index is 13.1. The highest BCUT2D eigenvalue weighted by molar-refractivity contribution is 7.47. The lowest BCUT2D eigenvalue weighted by Crippen LogP contribution is -2.30. The van der Waals surface area contributed by atoms with Crippen molar-refractivity contribution in [3.63, 3.8) is 0 Å². The Morgan fingerprint density at radius 3 is 0.701 bits per heavy atom. The Labute approximate surface area is 594 Å². The van der Waals surface area contributed by atoms with E-state index in [-0.39, 0.29) is 25.7 Å². The fraction of sp³-hybridized carbons (Fsp3) is 0.949. The van der Waals surface area contributed by atoms with Crippen molar-refractivity contribution >= 4 is 39.5 Å². The quantitative estimate of drug-likeness (QED) is 0.0222. The van der Waals surface area contributed by atoms with Crippen molar-refractivity contribution in [3.05, 3.63) is 0 Å². The van der Waals surface area contributed by atoms with E-state index in [4.69, 9.17) is 37.0 Å². The van der Waals surface area contributed by atoms with Crippen LogP contribution in [-0.2, 0) is 65.4 Å². The highest BCUT2D eigenvalue weighted by Crippen LogP contribution is 2.45. The van der Waals surface area contributed by atoms with Crippen molar-refractivity contribution in [2.24, 2.45) is 5.92 Å². The molecule has 17 nitrogen and oxygen atoms in total. The van der Waals surface area contributed by atoms with Gasteiger partial charge >= 0.3 is 39.5 Å². The molecule has 0 aromatic rings. The first-order chi connectivity index (χ1) is 47.0. The van der Waals surface area contributed by atoms with E-state index < -0.39 is 97.5 Å². The largest absolute Gasteiger partial charge is 0.472 e. The molecule has 0 aromatic heterocycles. The molecule has 0 aliphatic heterocycles. The Hall–Kier alpha value is -1.94. The van der Waals surface area contributed by atoms with Crippen molar-refractivity contribution in [2.75, 3.05) is 39.6 Å². The maximum atomic E-state index is 13.1. The van der Waals surface area contributed by atoms with E-state index in [2.05, 4.69) is 34.6 Å². The van der Waals surface area contributed by atoms with Crippen LogP contribution in [0.3, 0.4) is 0 Å². The zero-order valence-electron chi connectivity index (χ0n) is 63.2. The Morgan fingerprint density at radius 2 is 0.474 bits per heavy atom. The van der Waals surface area contributed by atoms with Gasteiger partial charge in [-0.2, -0.15) is 0 Å². The number of ether oxygens (including phenoxy) is 4. The zero-order chi connectivity index (χ0) is 71.2. The Morgan fingerprint density at radius 1 is 0.278 bits per heavy atom. The SMILES string of the molecule is CCCCCCCCCCCCCCCCCCCCCC(=O)OC[C@H](COP(=O)(O)OC[C@@H](O)COP(=O)(O)OC[C@@H](COC(=O)CCCCCCCCC)OC(=O)CCCCCCCCCCCC(C)C)OC(=O)CCCCCCCCCCCCCCCCCCCCC. The van der Waals surface area contributed by atoms with Crippen LogP contribution in [0.5, 0.6) is 0 Å². The van der Waals surface area contributed by atoms with E-state index in [0.29, 0.717) is 25.7 Å². The van der Waals surface area contributed by atoms with Crippen LogP contribution in [0.4, 0.5) is 0 Å². The molecule has 2 unspecified atom stereocenters. The number of rotatable bonds is 78. The standard InChI is InChI=1S/C78H152O17P2/c1-6-9-12-15-18-20-22-24-26-28-30-32-34-36-38-42-47-52-57-62-76(81)89-68-74(95-77(82)63-58-53-48-43-39-37-35-33-31-29-27-25-23-21-19-16-13-10-7-2)70-93-97(86,87)91-66-72(79)65-90-96(84,85)92-69-73(67-88-75(80)61-56-51-45-17-14-11-8-3)94-78(83)64-59-54-49-44-40-41-46-50-55-60-71(4)5/h71-74,79H,6-70H2,1-5H3,(H,84,85)(H,86,87)/t72-,73+,74+/m0/s1. The molecule has 0 saturated carbocycles. The van der Waals surface area contributed by atoms with Gasteiger partial charge in [0, 0.05) is 25.7 Å². The zero-order valence-corrected chi connectivity index (χ0v) is 65.0. The lowest BCUT2D eigenvalue weighted by molar-refractivity contribution is -0.161. The minimum absolute atomic E-state index is 0.105. The third-order valence-electron chi connectivity index (χ3n) is 18.3. The van der Waals surface area contributed by atoms with Crippen molar-refractivity contribution in [1.29, 1.82) is 0 Å². The van der Waals surface area contributed by atoms with Crippen LogP contribution in [0.1, 0.15) is 413 Å². The van der Waals surface area contributed by atoms with Gasteiger partial charge in [-0.25, -0.2) is 9.13 Å². The molecule has 5 atom stereocenters. The second kappa shape index (κ2) is 71.1. The summed E-state index contributed by atoms with van der Waals surface area (Å²) in [6.45, 7) is 7.24. The van der Waals surface area contributed by atoms with E-state index in [1.54, 1.807) is 0 Å². The first-order valence-corrected chi connectivity index (χ1v) is 43.6. The van der Waals surface area contributed by atoms with Gasteiger partial charge in [-0.15, -0.1) is 0 Å². The smallest absolute Gasteiger partial charge is 0.462 e. The minimum Gasteiger partial charge on any atom is -0.462 e. The second-order valence-electron chi connectivity index (χ2n) is 28.6. The van der Waals surface area contributed by atoms with Gasteiger partial charge in [0.2, 0.25) is 0 Å². The highest BCUT2D eigenvalue weighted by atomic mass is 31.2. The molecule has 0 bridgehead atoms. The normalized spacial score (nSPS) is 13.9. The molecule has 0 spiro atoms. The molecule has 3 N–H and O–H groups in total. The van der Waals surface area contributed by atoms with Gasteiger partial charge < -0.3 is 33.8 Å². The predicted molar refractivity (Wildman–Crippen MR) is 395 cm³/mol. The molecule has 0 heterocycles. The molecular formula is C78H152O17P2. The number of unbranched alkanes of at least 4 members (excludes halogenated alkanes) is 50. The van der Waals surface area contributed by atoms with Gasteiger partial charge in [0.15, 0.2) is 12.2 Å². The number of phosphoric acid groups is 2. The van der Waals surface area contributed by atoms with E-state index in [1.807, 2.05) is 0 Å². The number of carbonyl (C=O) groups excluding carboxylic acids is 4. The number of hydrogen-bond acceptors (Lipinski definition) is 15. The predicted octanol–water partition coefficient (Wildman–Crippen LogP) is 23.3. The molecule has 0 radical (unpaired) electrons. The molecule has 19 heteroatoms. The van der Waals surface area contributed by atoms with Crippen molar-refractivity contribution < 1.29 is 80.2 Å². The highest BCUT2D eigenvalue weighted by Gasteiger charge is 2.30. The molecule has 0 aliphatic rings. The Balaban J connectivity index is 5.17. The topological polar surface area (TPSA) is 237 Å². The number of aliphatic hydroxyl groups excluding tert-OH is 1. The van der Waals surface area contributed by atoms with E-state index in [0.717, 1.165) is 109 Å². The fourth-order valence-electron chi connectivity index (χ4n) is 12.1. The molecule has 0 fully saturated rings. The van der Waals surface area contributed by atoms with E-state index in [1.165, 1.54) is 225 Å². The van der Waals surface area contributed by atoms with Crippen LogP contribution in [-0.4, -0.2) is 96.7 Å². The van der Waals surface area contributed by atoms with Crippen molar-refractivity contribution in [1.82, 2.24) is 0 Å². The summed E-state index contributed by atoms with van der Waals surface area (Å²) in [7, 11) is -9.91. The summed E-state index contributed by atoms with van der Waals surface area (Å²) in [6.07, 6.45) is 61.4. The molecule has 0 rings (SSSR count). The molecule has 0 aliphatic carbocycles. The fourth-order valence-corrected chi connectivity index (χ4v) is 13.6. The number of carbonyl (C=O) groups is 4. The van der Waals surface area contributed by atoms with Gasteiger partial charge in [-0.05, 0) is 31.6 Å². The second-order valence-corrected chi connectivity index (χ2v) is 31.5. The molecule has 0 aromatic carbocycles. The van der Waals surface area contributed by atoms with Crippen LogP contribution in [0.2, 0.25) is 0 Å². The van der Waals surface area contributed by atoms with Gasteiger partial charge in [-0.3, -0.25) is 37.3 Å². The van der Waals surface area contributed by atoms with E-state index in [9.17, 15) is 43.2 Å². The Bertz CT molecular complexity index is 1860. The summed E-state index contributed by atoms with van der Waals surface area (Å²) >= 11 is 0. The number of aliphatic hydroxyl groups is 1. The van der Waals surface area contributed by atoms with Gasteiger partial charge in [-0.1, -0.05) is 362 Å². The molecule has 576 valence electrons. The maximum Gasteiger partial charge on any atom is 0.472 e. The Kier molecular flexibility index (Phi) is 69.6. The third-order valence-corrected chi connectivity index (χ3v) is 20.2. The minimum atomic E-state index is -4.96. The average Bonchev–Trinajstić information content (AvgIpc) is 1.21. The summed E-state index contributed by atoms with van der Waals surface area (Å²) in [6, 6.07) is 0. The first kappa shape index (κ1) is 95.1. The van der Waals surface area contributed by atoms with Gasteiger partial charge in [0.25, 0.3) is 0 Å². The lowest BCUT2D eigenvalue weighted by atomic mass is 10.0. The van der Waals surface area contributed by atoms with Crippen molar-refractivity contribution in [3.8, 4) is 0 Å². The summed E-state index contributed by atoms with van der Waals surface area (Å²) in [5.74, 6) is -1.38. The van der Waals surface area contributed by atoms with Crippen LogP contribution in [0.25, 0.3) is 0 Å².